The van der Waals surface area contributed by atoms with E-state index in [-0.39, 0.29) is 5.91 Å². The number of nitrogens with zero attached hydrogens (tertiary/aromatic N) is 1. The van der Waals surface area contributed by atoms with Gasteiger partial charge in [0.15, 0.2) is 0 Å². The first-order valence-electron chi connectivity index (χ1n) is 8.80. The van der Waals surface area contributed by atoms with Gasteiger partial charge in [0.2, 0.25) is 5.91 Å². The predicted molar refractivity (Wildman–Crippen MR) is 116 cm³/mol. The molecule has 138 valence electrons. The summed E-state index contributed by atoms with van der Waals surface area (Å²) in [6.45, 7) is 1.93. The number of hydrogen-bond acceptors (Lipinski definition) is 3. The van der Waals surface area contributed by atoms with Crippen LogP contribution in [-0.2, 0) is 4.79 Å². The molecule has 0 fully saturated rings. The maximum atomic E-state index is 12.4. The maximum Gasteiger partial charge on any atom is 0.248 e. The van der Waals surface area contributed by atoms with Crippen molar-refractivity contribution < 1.29 is 9.21 Å². The first kappa shape index (κ1) is 18.2. The molecule has 2 heterocycles. The molecule has 2 aromatic heterocycles. The van der Waals surface area contributed by atoms with E-state index in [4.69, 9.17) is 4.42 Å². The van der Waals surface area contributed by atoms with E-state index in [1.807, 2.05) is 73.7 Å². The summed E-state index contributed by atoms with van der Waals surface area (Å²) < 4.78 is 6.81. The molecule has 0 radical (unpaired) electrons. The lowest BCUT2D eigenvalue weighted by molar-refractivity contribution is -0.111. The Hall–Kier alpha value is -3.18. The van der Waals surface area contributed by atoms with Crippen LogP contribution in [0.25, 0.3) is 28.3 Å². The third-order valence-electron chi connectivity index (χ3n) is 4.27. The summed E-state index contributed by atoms with van der Waals surface area (Å²) in [4.78, 5) is 16.9. The van der Waals surface area contributed by atoms with Crippen molar-refractivity contribution in [3.05, 3.63) is 88.7 Å². The Morgan fingerprint density at radius 3 is 2.68 bits per heavy atom. The number of benzene rings is 2. The smallest absolute Gasteiger partial charge is 0.248 e. The molecule has 0 atom stereocenters. The van der Waals surface area contributed by atoms with Gasteiger partial charge < -0.3 is 9.73 Å². The average Bonchev–Trinajstić information content (AvgIpc) is 3.16. The molecule has 1 amide bonds. The summed E-state index contributed by atoms with van der Waals surface area (Å²) in [5, 5.41) is 3.88. The summed E-state index contributed by atoms with van der Waals surface area (Å²) in [6, 6.07) is 21.2. The number of hydrogen-bond donors (Lipinski definition) is 1. The minimum atomic E-state index is -0.239. The fraction of sp³-hybridized carbons (Fsp3) is 0.0435. The third kappa shape index (κ3) is 4.05. The molecule has 1 N–H and O–H groups in total. The zero-order chi connectivity index (χ0) is 19.5. The SMILES string of the molecule is Cc1ccc2cccc(NC(=O)C=Cc3ccc(-c4ccc(Br)cc4)o3)c2n1. The van der Waals surface area contributed by atoms with Gasteiger partial charge in [-0.05, 0) is 49.4 Å². The van der Waals surface area contributed by atoms with Crippen LogP contribution in [0.1, 0.15) is 11.5 Å². The van der Waals surface area contributed by atoms with Crippen LogP contribution in [0.5, 0.6) is 0 Å². The summed E-state index contributed by atoms with van der Waals surface area (Å²) in [5.41, 5.74) is 3.34. The molecule has 2 aromatic carbocycles. The Balaban J connectivity index is 1.49. The molecule has 4 nitrogen and oxygen atoms in total. The lowest BCUT2D eigenvalue weighted by Gasteiger charge is -2.06. The van der Waals surface area contributed by atoms with Gasteiger partial charge in [-0.3, -0.25) is 9.78 Å². The van der Waals surface area contributed by atoms with Gasteiger partial charge in [0, 0.05) is 27.2 Å². The number of anilines is 1. The number of furan rings is 1. The minimum Gasteiger partial charge on any atom is -0.457 e. The number of nitrogens with one attached hydrogen (secondary N) is 1. The minimum absolute atomic E-state index is 0.239. The van der Waals surface area contributed by atoms with Crippen LogP contribution in [0.2, 0.25) is 0 Å². The molecule has 0 aliphatic heterocycles. The number of aryl methyl sites for hydroxylation is 1. The van der Waals surface area contributed by atoms with Crippen molar-refractivity contribution in [3.63, 3.8) is 0 Å². The molecule has 4 rings (SSSR count). The van der Waals surface area contributed by atoms with Gasteiger partial charge in [0.25, 0.3) is 0 Å². The molecule has 0 aliphatic carbocycles. The molecule has 0 saturated heterocycles. The van der Waals surface area contributed by atoms with Crippen LogP contribution in [0.4, 0.5) is 5.69 Å². The van der Waals surface area contributed by atoms with E-state index >= 15 is 0 Å². The van der Waals surface area contributed by atoms with Gasteiger partial charge in [-0.25, -0.2) is 0 Å². The maximum absolute atomic E-state index is 12.4. The van der Waals surface area contributed by atoms with Crippen molar-refractivity contribution in [2.24, 2.45) is 0 Å². The highest BCUT2D eigenvalue weighted by Crippen LogP contribution is 2.25. The number of pyridine rings is 1. The van der Waals surface area contributed by atoms with E-state index in [1.165, 1.54) is 6.08 Å². The van der Waals surface area contributed by atoms with Gasteiger partial charge in [-0.1, -0.05) is 46.3 Å². The van der Waals surface area contributed by atoms with E-state index in [9.17, 15) is 4.79 Å². The normalized spacial score (nSPS) is 11.2. The molecule has 28 heavy (non-hydrogen) atoms. The first-order valence-corrected chi connectivity index (χ1v) is 9.59. The molecule has 5 heteroatoms. The van der Waals surface area contributed by atoms with E-state index < -0.39 is 0 Å². The Bertz CT molecular complexity index is 1180. The van der Waals surface area contributed by atoms with E-state index in [2.05, 4.69) is 26.2 Å². The highest BCUT2D eigenvalue weighted by molar-refractivity contribution is 9.10. The number of amides is 1. The number of fused-ring (bicyclic) bond motifs is 1. The summed E-state index contributed by atoms with van der Waals surface area (Å²) in [5.74, 6) is 1.12. The Morgan fingerprint density at radius 1 is 1.04 bits per heavy atom. The highest BCUT2D eigenvalue weighted by Gasteiger charge is 2.06. The van der Waals surface area contributed by atoms with Crippen molar-refractivity contribution in [1.29, 1.82) is 0 Å². The zero-order valence-corrected chi connectivity index (χ0v) is 16.7. The monoisotopic (exact) mass is 432 g/mol. The number of para-hydroxylation sites is 1. The Morgan fingerprint density at radius 2 is 1.86 bits per heavy atom. The number of rotatable bonds is 4. The number of carbonyl (C=O) groups is 1. The van der Waals surface area contributed by atoms with Gasteiger partial charge in [0.1, 0.15) is 11.5 Å². The molecule has 0 aliphatic rings. The summed E-state index contributed by atoms with van der Waals surface area (Å²) in [6.07, 6.45) is 3.11. The molecule has 4 aromatic rings. The Labute approximate surface area is 171 Å². The number of halogens is 1. The molecule has 0 saturated carbocycles. The molecular weight excluding hydrogens is 416 g/mol. The lowest BCUT2D eigenvalue weighted by Crippen LogP contribution is -2.08. The Kier molecular flexibility index (Phi) is 5.08. The number of aromatic nitrogens is 1. The van der Waals surface area contributed by atoms with Crippen molar-refractivity contribution in [2.75, 3.05) is 5.32 Å². The second kappa shape index (κ2) is 7.82. The fourth-order valence-electron chi connectivity index (χ4n) is 2.89. The molecular formula is C23H17BrN2O2. The largest absolute Gasteiger partial charge is 0.457 e. The topological polar surface area (TPSA) is 55.1 Å². The van der Waals surface area contributed by atoms with Crippen LogP contribution in [0, 0.1) is 6.92 Å². The quantitative estimate of drug-likeness (QED) is 0.389. The molecule has 0 spiro atoms. The van der Waals surface area contributed by atoms with Crippen LogP contribution in [0.3, 0.4) is 0 Å². The second-order valence-electron chi connectivity index (χ2n) is 6.36. The predicted octanol–water partition coefficient (Wildman–Crippen LogP) is 6.22. The lowest BCUT2D eigenvalue weighted by atomic mass is 10.1. The second-order valence-corrected chi connectivity index (χ2v) is 7.28. The molecule has 0 unspecified atom stereocenters. The van der Waals surface area contributed by atoms with Gasteiger partial charge in [-0.2, -0.15) is 0 Å². The van der Waals surface area contributed by atoms with Crippen LogP contribution in [0.15, 0.2) is 81.7 Å². The van der Waals surface area contributed by atoms with E-state index in [1.54, 1.807) is 6.08 Å². The highest BCUT2D eigenvalue weighted by atomic mass is 79.9. The van der Waals surface area contributed by atoms with Crippen molar-refractivity contribution in [2.45, 2.75) is 6.92 Å². The summed E-state index contributed by atoms with van der Waals surface area (Å²) in [7, 11) is 0. The average molecular weight is 433 g/mol. The van der Waals surface area contributed by atoms with Crippen LogP contribution >= 0.6 is 15.9 Å². The van der Waals surface area contributed by atoms with Crippen molar-refractivity contribution in [3.8, 4) is 11.3 Å². The zero-order valence-electron chi connectivity index (χ0n) is 15.1. The van der Waals surface area contributed by atoms with Crippen molar-refractivity contribution >= 4 is 44.5 Å². The summed E-state index contributed by atoms with van der Waals surface area (Å²) >= 11 is 3.42. The van der Waals surface area contributed by atoms with E-state index in [0.29, 0.717) is 11.4 Å². The first-order chi connectivity index (χ1) is 13.6. The molecule has 0 bridgehead atoms. The number of carbonyl (C=O) groups excluding carboxylic acids is 1. The van der Waals surface area contributed by atoms with Crippen molar-refractivity contribution in [1.82, 2.24) is 4.98 Å². The standard InChI is InChI=1S/C23H17BrN2O2/c1-15-5-6-17-3-2-4-20(23(17)25-15)26-22(27)14-12-19-11-13-21(28-19)16-7-9-18(24)10-8-16/h2-14H,1H3,(H,26,27). The van der Waals surface area contributed by atoms with Gasteiger partial charge in [0.05, 0.1) is 11.2 Å². The van der Waals surface area contributed by atoms with Crippen LogP contribution in [-0.4, -0.2) is 10.9 Å². The third-order valence-corrected chi connectivity index (χ3v) is 4.80. The van der Waals surface area contributed by atoms with Gasteiger partial charge in [-0.15, -0.1) is 0 Å². The fourth-order valence-corrected chi connectivity index (χ4v) is 3.15. The van der Waals surface area contributed by atoms with Crippen LogP contribution < -0.4 is 5.32 Å². The van der Waals surface area contributed by atoms with E-state index in [0.717, 1.165) is 32.4 Å². The van der Waals surface area contributed by atoms with Gasteiger partial charge >= 0.3 is 0 Å².